The second-order valence-electron chi connectivity index (χ2n) is 5.98. The molecule has 0 aromatic heterocycles. The fourth-order valence-corrected chi connectivity index (χ4v) is 3.26. The van der Waals surface area contributed by atoms with Crippen LogP contribution < -0.4 is 0 Å². The van der Waals surface area contributed by atoms with E-state index in [-0.39, 0.29) is 24.5 Å². The summed E-state index contributed by atoms with van der Waals surface area (Å²) in [4.78, 5) is 28.4. The van der Waals surface area contributed by atoms with Gasteiger partial charge in [-0.25, -0.2) is 0 Å². The topological polar surface area (TPSA) is 49.9 Å². The Labute approximate surface area is 130 Å². The second-order valence-corrected chi connectivity index (χ2v) is 5.98. The average molecular weight is 302 g/mol. The molecule has 0 aliphatic carbocycles. The third kappa shape index (κ3) is 2.86. The van der Waals surface area contributed by atoms with Gasteiger partial charge >= 0.3 is 0 Å². The van der Waals surface area contributed by atoms with Gasteiger partial charge in [-0.3, -0.25) is 9.59 Å². The number of carbonyl (C=O) groups excluding carboxylic acids is 2. The highest BCUT2D eigenvalue weighted by atomic mass is 16.5. The Hall–Kier alpha value is -1.88. The van der Waals surface area contributed by atoms with Crippen LogP contribution in [0, 0.1) is 0 Å². The average Bonchev–Trinajstić information content (AvgIpc) is 2.58. The molecule has 2 amide bonds. The molecule has 2 unspecified atom stereocenters. The summed E-state index contributed by atoms with van der Waals surface area (Å²) in [6.07, 6.45) is 2.66. The van der Waals surface area contributed by atoms with Gasteiger partial charge < -0.3 is 14.5 Å². The highest BCUT2D eigenvalue weighted by molar-refractivity contribution is 5.86. The monoisotopic (exact) mass is 302 g/mol. The van der Waals surface area contributed by atoms with Gasteiger partial charge in [0.2, 0.25) is 5.91 Å². The first-order valence-corrected chi connectivity index (χ1v) is 7.89. The Balaban J connectivity index is 1.86. The third-order valence-corrected chi connectivity index (χ3v) is 4.54. The molecule has 3 rings (SSSR count). The molecule has 2 aliphatic heterocycles. The first kappa shape index (κ1) is 15.0. The van der Waals surface area contributed by atoms with E-state index in [2.05, 4.69) is 0 Å². The zero-order valence-electron chi connectivity index (χ0n) is 12.9. The molecule has 1 aromatic carbocycles. The summed E-state index contributed by atoms with van der Waals surface area (Å²) in [5, 5.41) is 0. The summed E-state index contributed by atoms with van der Waals surface area (Å²) in [5.41, 5.74) is 0.938. The summed E-state index contributed by atoms with van der Waals surface area (Å²) in [6.45, 7) is 1.56. The van der Waals surface area contributed by atoms with Crippen LogP contribution in [0.2, 0.25) is 0 Å². The number of carbonyl (C=O) groups is 2. The van der Waals surface area contributed by atoms with Crippen molar-refractivity contribution < 1.29 is 14.3 Å². The van der Waals surface area contributed by atoms with Gasteiger partial charge in [0.15, 0.2) is 6.10 Å². The van der Waals surface area contributed by atoms with Crippen LogP contribution in [0.15, 0.2) is 30.3 Å². The van der Waals surface area contributed by atoms with Gasteiger partial charge in [-0.05, 0) is 24.8 Å². The molecule has 118 valence electrons. The van der Waals surface area contributed by atoms with Crippen molar-refractivity contribution in [3.05, 3.63) is 35.9 Å². The van der Waals surface area contributed by atoms with E-state index in [1.54, 1.807) is 11.9 Å². The maximum absolute atomic E-state index is 12.9. The van der Waals surface area contributed by atoms with Crippen LogP contribution in [0.5, 0.6) is 0 Å². The lowest BCUT2D eigenvalue weighted by Crippen LogP contribution is -2.54. The van der Waals surface area contributed by atoms with Crippen molar-refractivity contribution in [3.8, 4) is 0 Å². The highest BCUT2D eigenvalue weighted by Crippen LogP contribution is 2.30. The third-order valence-electron chi connectivity index (χ3n) is 4.54. The molecule has 2 aliphatic rings. The van der Waals surface area contributed by atoms with E-state index in [1.165, 1.54) is 6.42 Å². The van der Waals surface area contributed by atoms with E-state index < -0.39 is 6.10 Å². The fourth-order valence-electron chi connectivity index (χ4n) is 3.26. The number of benzene rings is 1. The number of amides is 2. The summed E-state index contributed by atoms with van der Waals surface area (Å²) in [6, 6.07) is 9.31. The van der Waals surface area contributed by atoms with Crippen molar-refractivity contribution in [1.29, 1.82) is 0 Å². The number of ether oxygens (including phenoxy) is 1. The lowest BCUT2D eigenvalue weighted by Gasteiger charge is -2.40. The maximum Gasteiger partial charge on any atom is 0.254 e. The van der Waals surface area contributed by atoms with Crippen molar-refractivity contribution in [2.75, 3.05) is 26.7 Å². The van der Waals surface area contributed by atoms with Crippen molar-refractivity contribution in [2.45, 2.75) is 31.4 Å². The van der Waals surface area contributed by atoms with Gasteiger partial charge in [0.1, 0.15) is 6.61 Å². The van der Waals surface area contributed by atoms with Gasteiger partial charge in [0.25, 0.3) is 5.91 Å². The molecule has 22 heavy (non-hydrogen) atoms. The number of rotatable bonds is 2. The number of hydrogen-bond donors (Lipinski definition) is 0. The van der Waals surface area contributed by atoms with Gasteiger partial charge in [-0.1, -0.05) is 30.3 Å². The number of piperidine rings is 1. The van der Waals surface area contributed by atoms with E-state index in [0.29, 0.717) is 0 Å². The molecule has 2 atom stereocenters. The lowest BCUT2D eigenvalue weighted by molar-refractivity contribution is -0.167. The Morgan fingerprint density at radius 3 is 2.50 bits per heavy atom. The molecule has 2 saturated heterocycles. The first-order chi connectivity index (χ1) is 10.7. The maximum atomic E-state index is 12.9. The van der Waals surface area contributed by atoms with E-state index in [4.69, 9.17) is 4.74 Å². The molecule has 0 saturated carbocycles. The zero-order chi connectivity index (χ0) is 15.5. The van der Waals surface area contributed by atoms with Crippen molar-refractivity contribution in [1.82, 2.24) is 9.80 Å². The minimum Gasteiger partial charge on any atom is -0.356 e. The van der Waals surface area contributed by atoms with Crippen LogP contribution in [-0.4, -0.2) is 54.5 Å². The Bertz CT molecular complexity index is 540. The molecular weight excluding hydrogens is 280 g/mol. The fraction of sp³-hybridized carbons (Fsp3) is 0.529. The van der Waals surface area contributed by atoms with Crippen molar-refractivity contribution in [3.63, 3.8) is 0 Å². The van der Waals surface area contributed by atoms with Crippen LogP contribution in [0.4, 0.5) is 0 Å². The van der Waals surface area contributed by atoms with E-state index in [1.807, 2.05) is 35.2 Å². The minimum absolute atomic E-state index is 0.00732. The standard InChI is InChI=1S/C17H22N2O3/c1-18-14(20)12-22-16(15(18)13-8-4-2-5-9-13)17(21)19-10-6-3-7-11-19/h2,4-5,8-9,15-16H,3,6-7,10-12H2,1H3. The molecule has 2 fully saturated rings. The first-order valence-electron chi connectivity index (χ1n) is 7.89. The van der Waals surface area contributed by atoms with Crippen molar-refractivity contribution >= 4 is 11.8 Å². The minimum atomic E-state index is -0.608. The van der Waals surface area contributed by atoms with Gasteiger partial charge in [-0.15, -0.1) is 0 Å². The predicted molar refractivity (Wildman–Crippen MR) is 82.1 cm³/mol. The molecule has 0 spiro atoms. The molecule has 1 aromatic rings. The zero-order valence-corrected chi connectivity index (χ0v) is 12.9. The largest absolute Gasteiger partial charge is 0.356 e. The molecule has 0 radical (unpaired) electrons. The molecular formula is C17H22N2O3. The van der Waals surface area contributed by atoms with Crippen LogP contribution in [0.1, 0.15) is 30.9 Å². The number of morpholine rings is 1. The van der Waals surface area contributed by atoms with E-state index in [9.17, 15) is 9.59 Å². The predicted octanol–water partition coefficient (Wildman–Crippen LogP) is 1.60. The quantitative estimate of drug-likeness (QED) is 0.834. The summed E-state index contributed by atoms with van der Waals surface area (Å²) in [7, 11) is 1.75. The molecule has 0 bridgehead atoms. The second kappa shape index (κ2) is 6.48. The summed E-state index contributed by atoms with van der Waals surface area (Å²) < 4.78 is 5.66. The van der Waals surface area contributed by atoms with Crippen LogP contribution in [0.3, 0.4) is 0 Å². The number of nitrogens with zero attached hydrogens (tertiary/aromatic N) is 2. The molecule has 5 nitrogen and oxygen atoms in total. The molecule has 2 heterocycles. The van der Waals surface area contributed by atoms with Crippen LogP contribution in [0.25, 0.3) is 0 Å². The summed E-state index contributed by atoms with van der Waals surface area (Å²) in [5.74, 6) is -0.0792. The highest BCUT2D eigenvalue weighted by Gasteiger charge is 2.41. The smallest absolute Gasteiger partial charge is 0.254 e. The lowest BCUT2D eigenvalue weighted by atomic mass is 9.96. The SMILES string of the molecule is CN1C(=O)COC(C(=O)N2CCCCC2)C1c1ccccc1. The van der Waals surface area contributed by atoms with Crippen LogP contribution >= 0.6 is 0 Å². The van der Waals surface area contributed by atoms with E-state index >= 15 is 0 Å². The van der Waals surface area contributed by atoms with E-state index in [0.717, 1.165) is 31.5 Å². The van der Waals surface area contributed by atoms with Crippen LogP contribution in [-0.2, 0) is 14.3 Å². The van der Waals surface area contributed by atoms with Crippen molar-refractivity contribution in [2.24, 2.45) is 0 Å². The Morgan fingerprint density at radius 2 is 1.82 bits per heavy atom. The van der Waals surface area contributed by atoms with Gasteiger partial charge in [0, 0.05) is 20.1 Å². The normalized spacial score (nSPS) is 26.1. The molecule has 0 N–H and O–H groups in total. The number of likely N-dealkylation sites (tertiary alicyclic amines) is 1. The Morgan fingerprint density at radius 1 is 1.14 bits per heavy atom. The van der Waals surface area contributed by atoms with Gasteiger partial charge in [0.05, 0.1) is 6.04 Å². The number of likely N-dealkylation sites (N-methyl/N-ethyl adjacent to an activating group) is 1. The van der Waals surface area contributed by atoms with Gasteiger partial charge in [-0.2, -0.15) is 0 Å². The molecule has 5 heteroatoms. The Kier molecular flexibility index (Phi) is 4.43. The summed E-state index contributed by atoms with van der Waals surface area (Å²) >= 11 is 0. The number of hydrogen-bond acceptors (Lipinski definition) is 3.